The van der Waals surface area contributed by atoms with Crippen molar-refractivity contribution in [1.82, 2.24) is 9.38 Å². The molecule has 3 rings (SSSR count). The summed E-state index contributed by atoms with van der Waals surface area (Å²) in [5, 5.41) is 0.439. The van der Waals surface area contributed by atoms with Crippen molar-refractivity contribution in [2.75, 3.05) is 11.5 Å². The first-order valence-corrected chi connectivity index (χ1v) is 8.01. The van der Waals surface area contributed by atoms with E-state index in [1.54, 1.807) is 0 Å². The lowest BCUT2D eigenvalue weighted by Gasteiger charge is -2.07. The molecule has 0 saturated carbocycles. The zero-order chi connectivity index (χ0) is 12.9. The van der Waals surface area contributed by atoms with E-state index in [1.165, 1.54) is 0 Å². The third-order valence-electron chi connectivity index (χ3n) is 3.36. The Bertz CT molecular complexity index is 721. The normalized spacial score (nSPS) is 22.7. The van der Waals surface area contributed by atoms with Crippen molar-refractivity contribution in [3.05, 3.63) is 34.9 Å². The number of rotatable bonds is 1. The van der Waals surface area contributed by atoms with E-state index < -0.39 is 9.84 Å². The molecule has 2 aromatic rings. The number of aromatic nitrogens is 2. The second-order valence-electron chi connectivity index (χ2n) is 4.82. The number of aryl methyl sites for hydroxylation is 1. The number of hydrogen-bond donors (Lipinski definition) is 0. The highest BCUT2D eigenvalue weighted by molar-refractivity contribution is 7.91. The third kappa shape index (κ3) is 1.91. The third-order valence-corrected chi connectivity index (χ3v) is 5.41. The smallest absolute Gasteiger partial charge is 0.155 e. The highest BCUT2D eigenvalue weighted by Crippen LogP contribution is 2.31. The van der Waals surface area contributed by atoms with Crippen LogP contribution in [0.2, 0.25) is 5.15 Å². The Hall–Kier alpha value is -1.07. The van der Waals surface area contributed by atoms with Gasteiger partial charge >= 0.3 is 0 Å². The number of fused-ring (bicyclic) bond motifs is 1. The maximum Gasteiger partial charge on any atom is 0.155 e. The van der Waals surface area contributed by atoms with E-state index in [0.29, 0.717) is 11.6 Å². The lowest BCUT2D eigenvalue weighted by molar-refractivity contribution is 0.601. The van der Waals surface area contributed by atoms with Crippen LogP contribution in [0.25, 0.3) is 5.52 Å². The van der Waals surface area contributed by atoms with Gasteiger partial charge in [0, 0.05) is 12.1 Å². The van der Waals surface area contributed by atoms with E-state index in [4.69, 9.17) is 11.6 Å². The average molecular weight is 285 g/mol. The first-order valence-electron chi connectivity index (χ1n) is 5.81. The minimum absolute atomic E-state index is 0.0446. The number of hydrogen-bond acceptors (Lipinski definition) is 3. The quantitative estimate of drug-likeness (QED) is 0.807. The molecule has 0 N–H and O–H groups in total. The van der Waals surface area contributed by atoms with Crippen LogP contribution in [0.5, 0.6) is 0 Å². The molecule has 1 unspecified atom stereocenters. The molecule has 4 nitrogen and oxygen atoms in total. The predicted molar refractivity (Wildman–Crippen MR) is 71.0 cm³/mol. The maximum absolute atomic E-state index is 11.6. The first kappa shape index (κ1) is 12.0. The van der Waals surface area contributed by atoms with Gasteiger partial charge in [-0.15, -0.1) is 0 Å². The monoisotopic (exact) mass is 284 g/mol. The van der Waals surface area contributed by atoms with Gasteiger partial charge < -0.3 is 4.40 Å². The summed E-state index contributed by atoms with van der Waals surface area (Å²) in [5.41, 5.74) is 1.93. The molecular weight excluding hydrogens is 272 g/mol. The summed E-state index contributed by atoms with van der Waals surface area (Å²) in [6.45, 7) is 1.99. The van der Waals surface area contributed by atoms with Crippen molar-refractivity contribution in [3.63, 3.8) is 0 Å². The largest absolute Gasteiger partial charge is 0.302 e. The van der Waals surface area contributed by atoms with Crippen molar-refractivity contribution in [1.29, 1.82) is 0 Å². The van der Waals surface area contributed by atoms with E-state index in [1.807, 2.05) is 29.7 Å². The fourth-order valence-corrected chi connectivity index (χ4v) is 4.44. The molecule has 0 aromatic carbocycles. The van der Waals surface area contributed by atoms with Crippen molar-refractivity contribution in [2.45, 2.75) is 19.3 Å². The molecule has 0 bridgehead atoms. The molecule has 1 fully saturated rings. The highest BCUT2D eigenvalue weighted by Gasteiger charge is 2.32. The standard InChI is InChI=1S/C12H13ClN2O2S/c1-8-2-3-10-11(13)14-12(15(10)6-8)9-4-5-18(16,17)7-9/h2-3,6,9H,4-5,7H2,1H3. The summed E-state index contributed by atoms with van der Waals surface area (Å²) in [7, 11) is -2.91. The molecule has 1 saturated heterocycles. The molecule has 0 radical (unpaired) electrons. The number of nitrogens with zero attached hydrogens (tertiary/aromatic N) is 2. The van der Waals surface area contributed by atoms with Crippen molar-refractivity contribution in [2.24, 2.45) is 0 Å². The van der Waals surface area contributed by atoms with Gasteiger partial charge in [0.05, 0.1) is 17.0 Å². The Morgan fingerprint density at radius 2 is 2.22 bits per heavy atom. The highest BCUT2D eigenvalue weighted by atomic mass is 35.5. The zero-order valence-electron chi connectivity index (χ0n) is 9.93. The van der Waals surface area contributed by atoms with E-state index in [-0.39, 0.29) is 17.4 Å². The number of pyridine rings is 1. The molecule has 2 aromatic heterocycles. The van der Waals surface area contributed by atoms with Crippen LogP contribution in [0.15, 0.2) is 18.3 Å². The van der Waals surface area contributed by atoms with Crippen LogP contribution in [-0.2, 0) is 9.84 Å². The number of halogens is 1. The lowest BCUT2D eigenvalue weighted by atomic mass is 10.1. The Kier molecular flexibility index (Phi) is 2.64. The summed E-state index contributed by atoms with van der Waals surface area (Å²) in [5.74, 6) is 1.14. The molecule has 0 amide bonds. The first-order chi connectivity index (χ1) is 8.46. The second kappa shape index (κ2) is 3.96. The van der Waals surface area contributed by atoms with Gasteiger partial charge in [-0.05, 0) is 25.0 Å². The molecule has 96 valence electrons. The van der Waals surface area contributed by atoms with Gasteiger partial charge in [0.2, 0.25) is 0 Å². The van der Waals surface area contributed by atoms with Gasteiger partial charge in [-0.3, -0.25) is 0 Å². The second-order valence-corrected chi connectivity index (χ2v) is 7.41. The zero-order valence-corrected chi connectivity index (χ0v) is 11.5. The van der Waals surface area contributed by atoms with Gasteiger partial charge in [-0.25, -0.2) is 13.4 Å². The lowest BCUT2D eigenvalue weighted by Crippen LogP contribution is -2.07. The van der Waals surface area contributed by atoms with Crippen molar-refractivity contribution in [3.8, 4) is 0 Å². The van der Waals surface area contributed by atoms with Crippen LogP contribution >= 0.6 is 11.6 Å². The van der Waals surface area contributed by atoms with Crippen LogP contribution < -0.4 is 0 Å². The Morgan fingerprint density at radius 3 is 2.89 bits per heavy atom. The number of imidazole rings is 1. The molecule has 0 aliphatic carbocycles. The molecule has 0 spiro atoms. The summed E-state index contributed by atoms with van der Waals surface area (Å²) in [6.07, 6.45) is 2.58. The minimum atomic E-state index is -2.91. The SMILES string of the molecule is Cc1ccc2c(Cl)nc(C3CCS(=O)(=O)C3)n2c1. The van der Waals surface area contributed by atoms with Crippen LogP contribution in [-0.4, -0.2) is 29.3 Å². The van der Waals surface area contributed by atoms with Crippen LogP contribution in [0.3, 0.4) is 0 Å². The van der Waals surface area contributed by atoms with Crippen molar-refractivity contribution < 1.29 is 8.42 Å². The fourth-order valence-electron chi connectivity index (χ4n) is 2.46. The van der Waals surface area contributed by atoms with Crippen LogP contribution in [0, 0.1) is 6.92 Å². The van der Waals surface area contributed by atoms with Gasteiger partial charge in [0.1, 0.15) is 5.82 Å². The Balaban J connectivity index is 2.15. The van der Waals surface area contributed by atoms with E-state index in [0.717, 1.165) is 16.9 Å². The van der Waals surface area contributed by atoms with E-state index in [9.17, 15) is 8.42 Å². The molecule has 6 heteroatoms. The summed E-state index contributed by atoms with van der Waals surface area (Å²) in [4.78, 5) is 4.34. The van der Waals surface area contributed by atoms with Crippen molar-refractivity contribution >= 4 is 27.0 Å². The summed E-state index contributed by atoms with van der Waals surface area (Å²) in [6, 6.07) is 3.88. The van der Waals surface area contributed by atoms with Crippen LogP contribution in [0.4, 0.5) is 0 Å². The van der Waals surface area contributed by atoms with Gasteiger partial charge in [-0.2, -0.15) is 0 Å². The summed E-state index contributed by atoms with van der Waals surface area (Å²) < 4.78 is 25.0. The molecule has 3 heterocycles. The Morgan fingerprint density at radius 1 is 1.44 bits per heavy atom. The minimum Gasteiger partial charge on any atom is -0.302 e. The molecule has 1 aliphatic rings. The molecular formula is C12H13ClN2O2S. The van der Waals surface area contributed by atoms with Gasteiger partial charge in [0.15, 0.2) is 15.0 Å². The molecule has 1 atom stereocenters. The van der Waals surface area contributed by atoms with Gasteiger partial charge in [0.25, 0.3) is 0 Å². The predicted octanol–water partition coefficient (Wildman–Crippen LogP) is 2.20. The molecule has 1 aliphatic heterocycles. The average Bonchev–Trinajstić information content (AvgIpc) is 2.80. The van der Waals surface area contributed by atoms with Crippen LogP contribution in [0.1, 0.15) is 23.7 Å². The topological polar surface area (TPSA) is 51.4 Å². The molecule has 18 heavy (non-hydrogen) atoms. The summed E-state index contributed by atoms with van der Waals surface area (Å²) >= 11 is 6.10. The number of sulfone groups is 1. The maximum atomic E-state index is 11.6. The van der Waals surface area contributed by atoms with E-state index >= 15 is 0 Å². The fraction of sp³-hybridized carbons (Fsp3) is 0.417. The van der Waals surface area contributed by atoms with E-state index in [2.05, 4.69) is 4.98 Å². The Labute approximate surface area is 111 Å². The van der Waals surface area contributed by atoms with Gasteiger partial charge in [-0.1, -0.05) is 17.7 Å².